The summed E-state index contributed by atoms with van der Waals surface area (Å²) >= 11 is 1.59. The van der Waals surface area contributed by atoms with Crippen molar-refractivity contribution < 1.29 is 39.9 Å². The molecule has 38 heavy (non-hydrogen) atoms. The number of carbonyl (C=O) groups is 3. The third kappa shape index (κ3) is 4.03. The molecule has 10 nitrogen and oxygen atoms in total. The number of carbonyl (C=O) groups excluding carboxylic acids is 3. The largest absolute Gasteiger partial charge is 0.508 e. The monoisotopic (exact) mass is 546 g/mol. The van der Waals surface area contributed by atoms with Crippen molar-refractivity contribution in [2.45, 2.75) is 43.9 Å². The highest BCUT2D eigenvalue weighted by atomic mass is 32.2. The topological polar surface area (TPSA) is 182 Å². The van der Waals surface area contributed by atoms with E-state index in [-0.39, 0.29) is 16.9 Å². The van der Waals surface area contributed by atoms with Crippen molar-refractivity contribution in [3.63, 3.8) is 0 Å². The zero-order valence-electron chi connectivity index (χ0n) is 21.7. The van der Waals surface area contributed by atoms with Gasteiger partial charge in [0.1, 0.15) is 22.8 Å². The van der Waals surface area contributed by atoms with Gasteiger partial charge in [-0.25, -0.2) is 0 Å². The second-order valence-corrected chi connectivity index (χ2v) is 12.0. The predicted molar refractivity (Wildman–Crippen MR) is 141 cm³/mol. The highest BCUT2D eigenvalue weighted by molar-refractivity contribution is 7.99. The van der Waals surface area contributed by atoms with E-state index in [0.717, 1.165) is 12.2 Å². The molecule has 1 aromatic rings. The number of Topliss-reactive ketones (excluding diaryl/α,β-unsaturated/α-hetero) is 2. The average molecular weight is 547 g/mol. The van der Waals surface area contributed by atoms with Gasteiger partial charge in [0, 0.05) is 23.2 Å². The van der Waals surface area contributed by atoms with E-state index < -0.39 is 70.1 Å². The van der Waals surface area contributed by atoms with Crippen LogP contribution in [0, 0.1) is 17.8 Å². The van der Waals surface area contributed by atoms with Crippen LogP contribution in [-0.4, -0.2) is 91.3 Å². The molecular formula is C27H34N2O8S. The molecule has 7 N–H and O–H groups in total. The molecule has 0 aliphatic heterocycles. The van der Waals surface area contributed by atoms with Crippen LogP contribution in [0.4, 0.5) is 0 Å². The number of aromatic hydroxyl groups is 1. The number of rotatable bonds is 7. The lowest BCUT2D eigenvalue weighted by Crippen LogP contribution is -2.70. The zero-order valence-corrected chi connectivity index (χ0v) is 22.5. The fraction of sp³-hybridized carbons (Fsp3) is 0.519. The van der Waals surface area contributed by atoms with Crippen molar-refractivity contribution >= 4 is 35.0 Å². The van der Waals surface area contributed by atoms with Crippen LogP contribution >= 0.6 is 11.8 Å². The summed E-state index contributed by atoms with van der Waals surface area (Å²) in [5.74, 6) is -7.11. The number of aliphatic hydroxyl groups excluding tert-OH is 3. The van der Waals surface area contributed by atoms with Crippen LogP contribution in [0.3, 0.4) is 0 Å². The molecule has 0 spiro atoms. The lowest BCUT2D eigenvalue weighted by atomic mass is 9.54. The van der Waals surface area contributed by atoms with Crippen LogP contribution < -0.4 is 5.73 Å². The van der Waals surface area contributed by atoms with Gasteiger partial charge in [0.15, 0.2) is 11.4 Å². The number of hydrogen-bond acceptors (Lipinski definition) is 10. The summed E-state index contributed by atoms with van der Waals surface area (Å²) in [6.45, 7) is 4.19. The SMILES string of the molecule is CC(C)CCSC[C@H]1c2cccc(O)c2C(O)=C2C(=O)[C@]3(O)C(O)=C(C(N)=O)C(=O)[C@@H](N(C)C)C3[C@@H](O)C21. The number of fused-ring (bicyclic) bond motifs is 3. The first kappa shape index (κ1) is 28.2. The summed E-state index contributed by atoms with van der Waals surface area (Å²) in [5, 5.41) is 56.5. The highest BCUT2D eigenvalue weighted by Crippen LogP contribution is 2.56. The maximum Gasteiger partial charge on any atom is 0.255 e. The Balaban J connectivity index is 1.95. The molecule has 11 heteroatoms. The van der Waals surface area contributed by atoms with Crippen LogP contribution in [0.25, 0.3) is 5.76 Å². The Morgan fingerprint density at radius 1 is 1.18 bits per heavy atom. The third-order valence-electron chi connectivity index (χ3n) is 7.93. The van der Waals surface area contributed by atoms with Gasteiger partial charge >= 0.3 is 0 Å². The molecule has 0 aromatic heterocycles. The van der Waals surface area contributed by atoms with E-state index in [1.54, 1.807) is 23.9 Å². The van der Waals surface area contributed by atoms with E-state index in [2.05, 4.69) is 13.8 Å². The van der Waals surface area contributed by atoms with Crippen molar-refractivity contribution in [2.24, 2.45) is 23.5 Å². The molecule has 3 aliphatic rings. The van der Waals surface area contributed by atoms with Crippen LogP contribution in [0.1, 0.15) is 37.3 Å². The summed E-state index contributed by atoms with van der Waals surface area (Å²) in [5.41, 5.74) is 1.66. The molecule has 0 bridgehead atoms. The molecule has 6 atom stereocenters. The Bertz CT molecular complexity index is 1260. The molecule has 206 valence electrons. The molecule has 4 rings (SSSR count). The third-order valence-corrected chi connectivity index (χ3v) is 9.05. The summed E-state index contributed by atoms with van der Waals surface area (Å²) in [6, 6.07) is 3.28. The van der Waals surface area contributed by atoms with Crippen molar-refractivity contribution in [3.05, 3.63) is 46.2 Å². The van der Waals surface area contributed by atoms with E-state index >= 15 is 0 Å². The first-order chi connectivity index (χ1) is 17.8. The molecule has 0 heterocycles. The number of hydrogen-bond donors (Lipinski definition) is 6. The summed E-state index contributed by atoms with van der Waals surface area (Å²) in [6.07, 6.45) is -0.674. The second-order valence-electron chi connectivity index (χ2n) is 10.9. The number of nitrogens with zero attached hydrogens (tertiary/aromatic N) is 1. The minimum Gasteiger partial charge on any atom is -0.508 e. The Morgan fingerprint density at radius 3 is 2.42 bits per heavy atom. The molecule has 3 aliphatic carbocycles. The van der Waals surface area contributed by atoms with Crippen LogP contribution in [-0.2, 0) is 14.4 Å². The van der Waals surface area contributed by atoms with Crippen LogP contribution in [0.15, 0.2) is 35.1 Å². The highest BCUT2D eigenvalue weighted by Gasteiger charge is 2.68. The average Bonchev–Trinajstić information content (AvgIpc) is 2.82. The van der Waals surface area contributed by atoms with E-state index in [1.165, 1.54) is 25.1 Å². The fourth-order valence-electron chi connectivity index (χ4n) is 6.12. The lowest BCUT2D eigenvalue weighted by molar-refractivity contribution is -0.169. The summed E-state index contributed by atoms with van der Waals surface area (Å²) in [7, 11) is 2.97. The van der Waals surface area contributed by atoms with Gasteiger partial charge < -0.3 is 31.3 Å². The standard InChI is InChI=1S/C27H34N2O8S/c1-11(2)8-9-38-10-13-12-6-5-7-14(30)15(12)21(31)17-16(13)22(32)19-20(29(3)4)23(33)18(26(28)36)25(35)27(19,37)24(17)34/h5-7,11,13,16,19-20,22,30-32,35,37H,8-10H2,1-4H3,(H2,28,36)/t13-,16?,19?,20-,22-,27-/m0/s1. The van der Waals surface area contributed by atoms with Crippen molar-refractivity contribution in [1.29, 1.82) is 0 Å². The van der Waals surface area contributed by atoms with Gasteiger partial charge in [-0.1, -0.05) is 26.0 Å². The maximum atomic E-state index is 14.1. The van der Waals surface area contributed by atoms with Crippen molar-refractivity contribution in [1.82, 2.24) is 4.90 Å². The molecule has 0 saturated heterocycles. The smallest absolute Gasteiger partial charge is 0.255 e. The number of likely N-dealkylation sites (N-methyl/N-ethyl adjacent to an activating group) is 1. The normalized spacial score (nSPS) is 31.0. The van der Waals surface area contributed by atoms with Gasteiger partial charge in [-0.15, -0.1) is 0 Å². The maximum absolute atomic E-state index is 14.1. The molecule has 2 unspecified atom stereocenters. The van der Waals surface area contributed by atoms with Gasteiger partial charge in [0.2, 0.25) is 5.78 Å². The fourth-order valence-corrected chi connectivity index (χ4v) is 7.57. The van der Waals surface area contributed by atoms with Crippen molar-refractivity contribution in [2.75, 3.05) is 25.6 Å². The Kier molecular flexibility index (Phi) is 7.43. The van der Waals surface area contributed by atoms with Gasteiger partial charge in [-0.3, -0.25) is 19.3 Å². The lowest BCUT2D eigenvalue weighted by Gasteiger charge is -2.54. The van der Waals surface area contributed by atoms with Crippen molar-refractivity contribution in [3.8, 4) is 5.75 Å². The Morgan fingerprint density at radius 2 is 1.84 bits per heavy atom. The zero-order chi connectivity index (χ0) is 28.3. The number of primary amides is 1. The molecule has 1 amide bonds. The predicted octanol–water partition coefficient (Wildman–Crippen LogP) is 1.26. The number of phenolic OH excluding ortho intramolecular Hbond substituents is 1. The number of amides is 1. The number of nitrogens with two attached hydrogens (primary N) is 1. The van der Waals surface area contributed by atoms with E-state index in [9.17, 15) is 39.9 Å². The summed E-state index contributed by atoms with van der Waals surface area (Å²) < 4.78 is 0. The molecule has 1 aromatic carbocycles. The van der Waals surface area contributed by atoms with E-state index in [0.29, 0.717) is 17.2 Å². The number of benzene rings is 1. The molecule has 1 fully saturated rings. The van der Waals surface area contributed by atoms with E-state index in [4.69, 9.17) is 5.73 Å². The molecule has 1 saturated carbocycles. The minimum absolute atomic E-state index is 0.00505. The summed E-state index contributed by atoms with van der Waals surface area (Å²) in [4.78, 5) is 40.9. The number of aliphatic hydroxyl groups is 4. The van der Waals surface area contributed by atoms with Gasteiger partial charge in [-0.2, -0.15) is 11.8 Å². The molecular weight excluding hydrogens is 512 g/mol. The number of ketones is 2. The number of phenols is 1. The number of thioether (sulfide) groups is 1. The minimum atomic E-state index is -2.91. The first-order valence-electron chi connectivity index (χ1n) is 12.5. The first-order valence-corrected chi connectivity index (χ1v) is 13.6. The second kappa shape index (κ2) is 10.0. The van der Waals surface area contributed by atoms with Gasteiger partial charge in [0.05, 0.1) is 23.6 Å². The Labute approximate surface area is 224 Å². The quantitative estimate of drug-likeness (QED) is 0.215. The van der Waals surface area contributed by atoms with E-state index in [1.807, 2.05) is 0 Å². The molecule has 0 radical (unpaired) electrons. The van der Waals surface area contributed by atoms with Gasteiger partial charge in [-0.05, 0) is 43.8 Å². The van der Waals surface area contributed by atoms with Crippen LogP contribution in [0.2, 0.25) is 0 Å². The Hall–Kier alpha value is -2.86. The van der Waals surface area contributed by atoms with Gasteiger partial charge in [0.25, 0.3) is 5.91 Å². The van der Waals surface area contributed by atoms with Crippen LogP contribution in [0.5, 0.6) is 5.75 Å².